The molecule has 3 atom stereocenters. The average Bonchev–Trinajstić information content (AvgIpc) is 3.37. The maximum absolute atomic E-state index is 13.6. The van der Waals surface area contributed by atoms with Gasteiger partial charge in [-0.3, -0.25) is 9.59 Å². The average molecular weight is 465 g/mol. The van der Waals surface area contributed by atoms with Crippen LogP contribution in [0.25, 0.3) is 0 Å². The molecule has 0 aromatic rings. The van der Waals surface area contributed by atoms with E-state index in [1.807, 2.05) is 32.6 Å². The van der Waals surface area contributed by atoms with Crippen molar-refractivity contribution in [3.63, 3.8) is 0 Å². The zero-order chi connectivity index (χ0) is 24.8. The first kappa shape index (κ1) is 25.8. The Balaban J connectivity index is 1.66. The number of hydrogen-bond donors (Lipinski definition) is 1. The van der Waals surface area contributed by atoms with E-state index in [1.54, 1.807) is 32.6 Å². The molecule has 33 heavy (non-hydrogen) atoms. The minimum atomic E-state index is -0.786. The van der Waals surface area contributed by atoms with Gasteiger partial charge < -0.3 is 29.2 Å². The van der Waals surface area contributed by atoms with E-state index in [9.17, 15) is 14.4 Å². The Labute approximate surface area is 198 Å². The van der Waals surface area contributed by atoms with Gasteiger partial charge in [-0.05, 0) is 81.1 Å². The van der Waals surface area contributed by atoms with Crippen molar-refractivity contribution >= 4 is 25.0 Å². The van der Waals surface area contributed by atoms with Gasteiger partial charge in [0.2, 0.25) is 11.8 Å². The van der Waals surface area contributed by atoms with Crippen molar-refractivity contribution in [2.45, 2.75) is 116 Å². The second kappa shape index (κ2) is 9.10. The zero-order valence-corrected chi connectivity index (χ0v) is 21.4. The Hall–Kier alpha value is -1.81. The molecule has 0 aromatic carbocycles. The van der Waals surface area contributed by atoms with E-state index >= 15 is 0 Å². The summed E-state index contributed by atoms with van der Waals surface area (Å²) in [7, 11) is -0.486. The van der Waals surface area contributed by atoms with Crippen molar-refractivity contribution in [3.05, 3.63) is 0 Å². The fourth-order valence-corrected chi connectivity index (χ4v) is 4.67. The van der Waals surface area contributed by atoms with Gasteiger partial charge in [-0.1, -0.05) is 0 Å². The Morgan fingerprint density at radius 2 is 1.55 bits per heavy atom. The molecule has 9 nitrogen and oxygen atoms in total. The predicted octanol–water partition coefficient (Wildman–Crippen LogP) is 2.51. The van der Waals surface area contributed by atoms with Crippen LogP contribution in [0.5, 0.6) is 0 Å². The number of carbonyl (C=O) groups excluding carboxylic acids is 3. The lowest BCUT2D eigenvalue weighted by molar-refractivity contribution is -0.144. The molecule has 3 aliphatic rings. The lowest BCUT2D eigenvalue weighted by Crippen LogP contribution is -2.56. The molecule has 3 aliphatic heterocycles. The SMILES string of the molecule is C[C@H](NC(=O)OC(C)(C)C)C(=O)N1CCC[C@H]1C(=O)N1CCC[C@H]1B1OC(C)(C)C(C)(C)O1. The molecular formula is C23H40BN3O6. The van der Waals surface area contributed by atoms with Crippen LogP contribution in [-0.2, 0) is 23.6 Å². The van der Waals surface area contributed by atoms with Crippen LogP contribution in [0.1, 0.15) is 81.1 Å². The van der Waals surface area contributed by atoms with E-state index in [-0.39, 0.29) is 17.8 Å². The first-order valence-corrected chi connectivity index (χ1v) is 12.1. The number of rotatable bonds is 4. The highest BCUT2D eigenvalue weighted by Gasteiger charge is 2.56. The highest BCUT2D eigenvalue weighted by Crippen LogP contribution is 2.40. The predicted molar refractivity (Wildman–Crippen MR) is 124 cm³/mol. The van der Waals surface area contributed by atoms with Crippen molar-refractivity contribution < 1.29 is 28.4 Å². The van der Waals surface area contributed by atoms with Gasteiger partial charge in [0.1, 0.15) is 17.7 Å². The third-order valence-corrected chi connectivity index (χ3v) is 7.09. The number of nitrogens with one attached hydrogen (secondary N) is 1. The smallest absolute Gasteiger partial charge is 0.444 e. The van der Waals surface area contributed by atoms with E-state index in [2.05, 4.69) is 5.32 Å². The largest absolute Gasteiger partial charge is 0.482 e. The molecule has 3 heterocycles. The van der Waals surface area contributed by atoms with Crippen LogP contribution in [0.2, 0.25) is 0 Å². The third-order valence-electron chi connectivity index (χ3n) is 7.09. The Morgan fingerprint density at radius 3 is 2.12 bits per heavy atom. The summed E-state index contributed by atoms with van der Waals surface area (Å²) in [6.07, 6.45) is 2.38. The molecule has 0 aliphatic carbocycles. The van der Waals surface area contributed by atoms with Crippen molar-refractivity contribution in [2.75, 3.05) is 13.1 Å². The molecule has 186 valence electrons. The van der Waals surface area contributed by atoms with Crippen molar-refractivity contribution in [3.8, 4) is 0 Å². The molecule has 3 fully saturated rings. The summed E-state index contributed by atoms with van der Waals surface area (Å²) >= 11 is 0. The summed E-state index contributed by atoms with van der Waals surface area (Å²) in [5.74, 6) is -0.515. The van der Waals surface area contributed by atoms with Gasteiger partial charge in [0, 0.05) is 13.1 Å². The first-order valence-electron chi connectivity index (χ1n) is 12.1. The monoisotopic (exact) mass is 465 g/mol. The fourth-order valence-electron chi connectivity index (χ4n) is 4.67. The molecule has 0 unspecified atom stereocenters. The summed E-state index contributed by atoms with van der Waals surface area (Å²) < 4.78 is 17.7. The van der Waals surface area contributed by atoms with Crippen molar-refractivity contribution in [1.29, 1.82) is 0 Å². The minimum Gasteiger partial charge on any atom is -0.444 e. The second-order valence-corrected chi connectivity index (χ2v) is 11.4. The number of amides is 3. The fraction of sp³-hybridized carbons (Fsp3) is 0.870. The highest BCUT2D eigenvalue weighted by molar-refractivity contribution is 6.48. The molecule has 10 heteroatoms. The van der Waals surface area contributed by atoms with Gasteiger partial charge in [-0.2, -0.15) is 0 Å². The molecule has 3 saturated heterocycles. The maximum atomic E-state index is 13.6. The van der Waals surface area contributed by atoms with Crippen LogP contribution in [0, 0.1) is 0 Å². The van der Waals surface area contributed by atoms with Crippen LogP contribution >= 0.6 is 0 Å². The Morgan fingerprint density at radius 1 is 1.00 bits per heavy atom. The summed E-state index contributed by atoms with van der Waals surface area (Å²) in [6.45, 7) is 16.0. The quantitative estimate of drug-likeness (QED) is 0.641. The van der Waals surface area contributed by atoms with Crippen LogP contribution < -0.4 is 5.32 Å². The van der Waals surface area contributed by atoms with Gasteiger partial charge >= 0.3 is 13.2 Å². The molecule has 3 rings (SSSR count). The van der Waals surface area contributed by atoms with Gasteiger partial charge in [0.05, 0.1) is 17.1 Å². The molecular weight excluding hydrogens is 425 g/mol. The Bertz CT molecular complexity index is 765. The lowest BCUT2D eigenvalue weighted by atomic mass is 9.76. The van der Waals surface area contributed by atoms with Crippen LogP contribution in [0.15, 0.2) is 0 Å². The van der Waals surface area contributed by atoms with E-state index in [0.717, 1.165) is 19.3 Å². The molecule has 1 N–H and O–H groups in total. The molecule has 0 aromatic heterocycles. The van der Waals surface area contributed by atoms with Crippen molar-refractivity contribution in [1.82, 2.24) is 15.1 Å². The van der Waals surface area contributed by atoms with E-state index in [1.165, 1.54) is 0 Å². The maximum Gasteiger partial charge on any atom is 0.482 e. The number of ether oxygens (including phenoxy) is 1. The summed E-state index contributed by atoms with van der Waals surface area (Å²) in [5, 5.41) is 2.60. The summed E-state index contributed by atoms with van der Waals surface area (Å²) in [5.41, 5.74) is -1.59. The number of likely N-dealkylation sites (tertiary alicyclic amines) is 2. The second-order valence-electron chi connectivity index (χ2n) is 11.4. The standard InChI is InChI=1S/C23H40BN3O6/c1-15(25-20(30)31-21(2,3)4)18(28)26-13-9-11-16(26)19(29)27-14-10-12-17(27)24-32-22(5,6)23(7,8)33-24/h15-17H,9-14H2,1-8H3,(H,25,30)/t15-,16-,17-/m0/s1. The molecule has 0 bridgehead atoms. The zero-order valence-electron chi connectivity index (χ0n) is 21.4. The van der Waals surface area contributed by atoms with Gasteiger partial charge in [-0.15, -0.1) is 0 Å². The molecule has 0 saturated carbocycles. The number of carbonyl (C=O) groups is 3. The van der Waals surface area contributed by atoms with Gasteiger partial charge in [0.25, 0.3) is 0 Å². The summed E-state index contributed by atoms with van der Waals surface area (Å²) in [4.78, 5) is 42.3. The van der Waals surface area contributed by atoms with E-state index < -0.39 is 42.1 Å². The topological polar surface area (TPSA) is 97.4 Å². The van der Waals surface area contributed by atoms with Crippen LogP contribution in [0.3, 0.4) is 0 Å². The number of hydrogen-bond acceptors (Lipinski definition) is 6. The van der Waals surface area contributed by atoms with Crippen molar-refractivity contribution in [2.24, 2.45) is 0 Å². The molecule has 0 spiro atoms. The minimum absolute atomic E-state index is 0.0671. The van der Waals surface area contributed by atoms with E-state index in [0.29, 0.717) is 19.5 Å². The normalized spacial score (nSPS) is 27.6. The molecule has 3 amide bonds. The van der Waals surface area contributed by atoms with Gasteiger partial charge in [0.15, 0.2) is 0 Å². The van der Waals surface area contributed by atoms with E-state index in [4.69, 9.17) is 14.0 Å². The summed E-state index contributed by atoms with van der Waals surface area (Å²) in [6, 6.07) is -1.32. The number of nitrogens with zero attached hydrogens (tertiary/aromatic N) is 2. The van der Waals surface area contributed by atoms with Crippen LogP contribution in [-0.4, -0.2) is 82.7 Å². The molecule has 0 radical (unpaired) electrons. The highest BCUT2D eigenvalue weighted by atomic mass is 16.7. The van der Waals surface area contributed by atoms with Crippen LogP contribution in [0.4, 0.5) is 4.79 Å². The number of alkyl carbamates (subject to hydrolysis) is 1. The van der Waals surface area contributed by atoms with Gasteiger partial charge in [-0.25, -0.2) is 4.79 Å². The third kappa shape index (κ3) is 5.48. The Kier molecular flexibility index (Phi) is 7.11. The first-order chi connectivity index (χ1) is 15.1. The lowest BCUT2D eigenvalue weighted by Gasteiger charge is -2.33.